The number of hydrogen-bond acceptors (Lipinski definition) is 7. The molecule has 8 nitrogen and oxygen atoms in total. The molecule has 1 N–H and O–H groups in total. The molecule has 31 heavy (non-hydrogen) atoms. The number of allylic oxidation sites excluding steroid dienone is 1. The topological polar surface area (TPSA) is 81.9 Å². The Kier molecular flexibility index (Phi) is 6.61. The lowest BCUT2D eigenvalue weighted by atomic mass is 10.1. The molecule has 3 heterocycles. The van der Waals surface area contributed by atoms with E-state index in [-0.39, 0.29) is 11.8 Å². The van der Waals surface area contributed by atoms with E-state index in [0.29, 0.717) is 39.1 Å². The molecule has 1 unspecified atom stereocenters. The fourth-order valence-electron chi connectivity index (χ4n) is 4.17. The Bertz CT molecular complexity index is 1010. The third-order valence-corrected chi connectivity index (χ3v) is 9.50. The number of aryl methyl sites for hydroxylation is 1. The summed E-state index contributed by atoms with van der Waals surface area (Å²) in [5.41, 5.74) is 1.97. The fraction of sp³-hybridized carbons (Fsp3) is 0.476. The van der Waals surface area contributed by atoms with Crippen LogP contribution in [0, 0.1) is 0 Å². The molecule has 1 saturated heterocycles. The highest BCUT2D eigenvalue weighted by Crippen LogP contribution is 2.33. The van der Waals surface area contributed by atoms with Crippen LogP contribution >= 0.6 is 11.8 Å². The third kappa shape index (κ3) is 5.08. The molecule has 1 aromatic heterocycles. The Morgan fingerprint density at radius 1 is 1.26 bits per heavy atom. The van der Waals surface area contributed by atoms with Crippen molar-refractivity contribution in [1.82, 2.24) is 18.8 Å². The molecule has 2 aliphatic rings. The summed E-state index contributed by atoms with van der Waals surface area (Å²) in [6, 6.07) is 7.12. The lowest BCUT2D eigenvalue weighted by Gasteiger charge is -2.44. The van der Waals surface area contributed by atoms with E-state index in [0.717, 1.165) is 11.4 Å². The summed E-state index contributed by atoms with van der Waals surface area (Å²) < 4.78 is 29.5. The van der Waals surface area contributed by atoms with Crippen LogP contribution in [0.15, 0.2) is 48.3 Å². The standard InChI is InChI=1S/C21H29N5O3S2/c1-23(12-17-13-24(2)16-22-17)14-19-15-25(31(28,29)21-4-3-11-30-21)9-10-26(19)18-5-7-20(27)8-6-18/h3,5-8,11,13,16,19,21,27H,4,9-10,12,14-15H2,1-2H3/t19-,21?/m0/s1. The van der Waals surface area contributed by atoms with Crippen molar-refractivity contribution in [2.75, 3.05) is 38.1 Å². The molecule has 0 aliphatic carbocycles. The second kappa shape index (κ2) is 9.23. The number of phenolic OH excluding ortho intramolecular Hbond substituents is 1. The number of phenols is 1. The van der Waals surface area contributed by atoms with E-state index in [9.17, 15) is 13.5 Å². The van der Waals surface area contributed by atoms with Crippen LogP contribution in [-0.2, 0) is 23.6 Å². The summed E-state index contributed by atoms with van der Waals surface area (Å²) in [4.78, 5) is 8.84. The molecule has 10 heteroatoms. The highest BCUT2D eigenvalue weighted by molar-refractivity contribution is 8.14. The summed E-state index contributed by atoms with van der Waals surface area (Å²) >= 11 is 1.39. The maximum Gasteiger partial charge on any atom is 0.227 e. The van der Waals surface area contributed by atoms with Crippen molar-refractivity contribution in [3.8, 4) is 5.75 Å². The SMILES string of the molecule is CN(Cc1cn(C)cn1)C[C@H]1CN(S(=O)(=O)C2CC=CS2)CCN1c1ccc(O)cc1. The zero-order valence-electron chi connectivity index (χ0n) is 17.8. The summed E-state index contributed by atoms with van der Waals surface area (Å²) in [6.07, 6.45) is 6.28. The zero-order chi connectivity index (χ0) is 22.0. The molecule has 2 aliphatic heterocycles. The van der Waals surface area contributed by atoms with Gasteiger partial charge in [0.05, 0.1) is 18.1 Å². The van der Waals surface area contributed by atoms with E-state index in [2.05, 4.69) is 14.8 Å². The number of rotatable bonds is 7. The maximum atomic E-state index is 13.2. The molecule has 2 aromatic rings. The molecule has 1 aromatic carbocycles. The van der Waals surface area contributed by atoms with Crippen LogP contribution in [0.4, 0.5) is 5.69 Å². The largest absolute Gasteiger partial charge is 0.508 e. The fourth-order valence-corrected chi connectivity index (χ4v) is 7.31. The van der Waals surface area contributed by atoms with Gasteiger partial charge in [-0.15, -0.1) is 11.8 Å². The lowest BCUT2D eigenvalue weighted by Crippen LogP contribution is -2.59. The lowest BCUT2D eigenvalue weighted by molar-refractivity contribution is 0.247. The van der Waals surface area contributed by atoms with E-state index >= 15 is 0 Å². The highest BCUT2D eigenvalue weighted by atomic mass is 32.3. The normalized spacial score (nSPS) is 22.5. The van der Waals surface area contributed by atoms with Gasteiger partial charge in [-0.2, -0.15) is 4.31 Å². The minimum atomic E-state index is -3.37. The molecule has 0 radical (unpaired) electrons. The Hall–Kier alpha value is -2.01. The second-order valence-corrected chi connectivity index (χ2v) is 11.7. The maximum absolute atomic E-state index is 13.2. The van der Waals surface area contributed by atoms with Crippen LogP contribution in [0.25, 0.3) is 0 Å². The van der Waals surface area contributed by atoms with Gasteiger partial charge in [0.1, 0.15) is 10.3 Å². The van der Waals surface area contributed by atoms with Crippen LogP contribution in [0.2, 0.25) is 0 Å². The van der Waals surface area contributed by atoms with Crippen molar-refractivity contribution in [2.45, 2.75) is 23.6 Å². The molecular weight excluding hydrogens is 434 g/mol. The number of likely N-dealkylation sites (N-methyl/N-ethyl adjacent to an activating group) is 1. The average Bonchev–Trinajstić information content (AvgIpc) is 3.41. The summed E-state index contributed by atoms with van der Waals surface area (Å²) in [6.45, 7) is 2.89. The van der Waals surface area contributed by atoms with E-state index < -0.39 is 14.6 Å². The monoisotopic (exact) mass is 463 g/mol. The van der Waals surface area contributed by atoms with Crippen LogP contribution in [0.3, 0.4) is 0 Å². The van der Waals surface area contributed by atoms with Gasteiger partial charge in [0.15, 0.2) is 0 Å². The Balaban J connectivity index is 1.52. The van der Waals surface area contributed by atoms with Crippen molar-refractivity contribution in [2.24, 2.45) is 7.05 Å². The number of benzene rings is 1. The van der Waals surface area contributed by atoms with Crippen molar-refractivity contribution >= 4 is 27.5 Å². The van der Waals surface area contributed by atoms with Crippen LogP contribution in [0.1, 0.15) is 12.1 Å². The molecule has 0 saturated carbocycles. The average molecular weight is 464 g/mol. The molecule has 2 atom stereocenters. The summed E-state index contributed by atoms with van der Waals surface area (Å²) in [5.74, 6) is 0.222. The van der Waals surface area contributed by atoms with E-state index in [1.54, 1.807) is 22.8 Å². The molecule has 0 spiro atoms. The van der Waals surface area contributed by atoms with Crippen molar-refractivity contribution in [3.05, 3.63) is 54.0 Å². The Labute approximate surface area is 188 Å². The number of aromatic nitrogens is 2. The quantitative estimate of drug-likeness (QED) is 0.673. The van der Waals surface area contributed by atoms with Gasteiger partial charge in [-0.05, 0) is 43.1 Å². The molecule has 168 valence electrons. The number of nitrogens with zero attached hydrogens (tertiary/aromatic N) is 5. The van der Waals surface area contributed by atoms with Crippen LogP contribution in [-0.4, -0.2) is 76.1 Å². The van der Waals surface area contributed by atoms with Gasteiger partial charge in [0, 0.05) is 51.7 Å². The molecule has 1 fully saturated rings. The first kappa shape index (κ1) is 22.2. The number of thioether (sulfide) groups is 1. The smallest absolute Gasteiger partial charge is 0.227 e. The van der Waals surface area contributed by atoms with Crippen LogP contribution < -0.4 is 4.90 Å². The number of imidazole rings is 1. The minimum Gasteiger partial charge on any atom is -0.508 e. The molecule has 4 rings (SSSR count). The van der Waals surface area contributed by atoms with Gasteiger partial charge >= 0.3 is 0 Å². The summed E-state index contributed by atoms with van der Waals surface area (Å²) in [5, 5.41) is 11.6. The van der Waals surface area contributed by atoms with Gasteiger partial charge in [0.2, 0.25) is 10.0 Å². The van der Waals surface area contributed by atoms with Crippen LogP contribution in [0.5, 0.6) is 5.75 Å². The minimum absolute atomic E-state index is 0.0128. The number of anilines is 1. The first-order valence-electron chi connectivity index (χ1n) is 10.3. The van der Waals surface area contributed by atoms with E-state index in [4.69, 9.17) is 0 Å². The zero-order valence-corrected chi connectivity index (χ0v) is 19.5. The molecular formula is C21H29N5O3S2. The first-order chi connectivity index (χ1) is 14.8. The van der Waals surface area contributed by atoms with Gasteiger partial charge < -0.3 is 14.6 Å². The van der Waals surface area contributed by atoms with Gasteiger partial charge in [-0.3, -0.25) is 4.90 Å². The first-order valence-corrected chi connectivity index (χ1v) is 12.8. The number of hydrogen-bond donors (Lipinski definition) is 1. The van der Waals surface area contributed by atoms with Crippen molar-refractivity contribution in [3.63, 3.8) is 0 Å². The molecule has 0 amide bonds. The predicted molar refractivity (Wildman–Crippen MR) is 124 cm³/mol. The van der Waals surface area contributed by atoms with Gasteiger partial charge in [-0.25, -0.2) is 13.4 Å². The van der Waals surface area contributed by atoms with E-state index in [1.165, 1.54) is 11.8 Å². The predicted octanol–water partition coefficient (Wildman–Crippen LogP) is 2.05. The van der Waals surface area contributed by atoms with Gasteiger partial charge in [0.25, 0.3) is 0 Å². The Morgan fingerprint density at radius 3 is 2.68 bits per heavy atom. The van der Waals surface area contributed by atoms with E-state index in [1.807, 2.05) is 48.5 Å². The second-order valence-electron chi connectivity index (χ2n) is 8.17. The van der Waals surface area contributed by atoms with Crippen molar-refractivity contribution < 1.29 is 13.5 Å². The van der Waals surface area contributed by atoms with Crippen molar-refractivity contribution in [1.29, 1.82) is 0 Å². The number of aromatic hydroxyl groups is 1. The Morgan fingerprint density at radius 2 is 2.03 bits per heavy atom. The highest BCUT2D eigenvalue weighted by Gasteiger charge is 2.38. The number of piperazine rings is 1. The third-order valence-electron chi connectivity index (χ3n) is 5.69. The van der Waals surface area contributed by atoms with Gasteiger partial charge in [-0.1, -0.05) is 6.08 Å². The summed E-state index contributed by atoms with van der Waals surface area (Å²) in [7, 11) is 0.617. The number of sulfonamides is 1. The molecule has 0 bridgehead atoms.